The van der Waals surface area contributed by atoms with Crippen molar-refractivity contribution < 1.29 is 53.2 Å². The van der Waals surface area contributed by atoms with Crippen LogP contribution < -0.4 is 21.3 Å². The standard InChI is InChI=1S/C32H26Cl2N2O5.C31H24Cl2N2O5.CH4O/c1-40-31(38)28(17-19-13-15-20(16-14-19)35-30(37)29-26(33)11-6-12-27(29)34)36-32(39)41-18-25-23-9-4-2-7-21(23)22-8-3-5-10-24(22)25;32-25-10-5-11-26(33)28(25)29(36)34-19-14-12-18(13-15-19)16-27(30(37)38)35-31(39)40-17-24-22-8-3-1-6-20(22)21-7-2-4-9-23(21)24;1-2/h2-16,25,28H,17-18H2,1H3,(H,35,37)(H,36,39);1-15,24,27H,16-17H2,(H,34,36)(H,35,39)(H,37,38);2H,1H3. The number of amides is 4. The van der Waals surface area contributed by atoms with Crippen molar-refractivity contribution in [3.63, 3.8) is 0 Å². The van der Waals surface area contributed by atoms with Gasteiger partial charge in [0.2, 0.25) is 0 Å². The van der Waals surface area contributed by atoms with Gasteiger partial charge in [0.05, 0.1) is 38.3 Å². The Kier molecular flexibility index (Phi) is 20.6. The first-order valence-corrected chi connectivity index (χ1v) is 27.4. The minimum atomic E-state index is -1.21. The van der Waals surface area contributed by atoms with Crippen LogP contribution in [0, 0.1) is 0 Å². The van der Waals surface area contributed by atoms with Crippen molar-refractivity contribution in [2.45, 2.75) is 36.8 Å². The molecular weight excluding hydrogens is 1140 g/mol. The second-order valence-corrected chi connectivity index (χ2v) is 20.4. The molecule has 0 bridgehead atoms. The molecule has 424 valence electrons. The lowest BCUT2D eigenvalue weighted by atomic mass is 9.98. The first kappa shape index (κ1) is 60.4. The van der Waals surface area contributed by atoms with Gasteiger partial charge in [-0.15, -0.1) is 0 Å². The third kappa shape index (κ3) is 14.7. The maximum Gasteiger partial charge on any atom is 0.407 e. The summed E-state index contributed by atoms with van der Waals surface area (Å²) in [6.07, 6.45) is -1.36. The lowest BCUT2D eigenvalue weighted by Gasteiger charge is -2.19. The van der Waals surface area contributed by atoms with E-state index in [4.69, 9.17) is 65.7 Å². The SMILES string of the molecule is CO.COC(=O)C(Cc1ccc(NC(=O)c2c(Cl)cccc2Cl)cc1)NC(=O)OCC1c2ccccc2-c2ccccc21.O=C(NC(Cc1ccc(NC(=O)c2c(Cl)cccc2Cl)cc1)C(=O)O)OCC1c2ccccc2-c2ccccc21. The number of esters is 1. The highest BCUT2D eigenvalue weighted by Crippen LogP contribution is 2.46. The van der Waals surface area contributed by atoms with Crippen molar-refractivity contribution in [3.8, 4) is 22.3 Å². The molecule has 8 aromatic carbocycles. The molecule has 0 spiro atoms. The Morgan fingerprint density at radius 1 is 0.446 bits per heavy atom. The van der Waals surface area contributed by atoms with Crippen LogP contribution in [0.3, 0.4) is 0 Å². The van der Waals surface area contributed by atoms with Crippen LogP contribution in [0.1, 0.15) is 65.9 Å². The first-order valence-electron chi connectivity index (χ1n) is 25.8. The van der Waals surface area contributed by atoms with E-state index in [1.807, 2.05) is 84.9 Å². The molecule has 8 aromatic rings. The molecule has 6 N–H and O–H groups in total. The topological polar surface area (TPSA) is 219 Å². The monoisotopic (exact) mass is 1190 g/mol. The summed E-state index contributed by atoms with van der Waals surface area (Å²) < 4.78 is 16.0. The van der Waals surface area contributed by atoms with Crippen molar-refractivity contribution in [1.82, 2.24) is 10.6 Å². The third-order valence-corrected chi connectivity index (χ3v) is 15.0. The van der Waals surface area contributed by atoms with Crippen LogP contribution in [-0.2, 0) is 36.6 Å². The van der Waals surface area contributed by atoms with Gasteiger partial charge in [-0.05, 0) is 104 Å². The summed E-state index contributed by atoms with van der Waals surface area (Å²) >= 11 is 24.5. The Hall–Kier alpha value is -8.70. The van der Waals surface area contributed by atoms with Gasteiger partial charge in [-0.3, -0.25) is 9.59 Å². The number of rotatable bonds is 16. The molecule has 0 saturated heterocycles. The lowest BCUT2D eigenvalue weighted by Crippen LogP contribution is -2.43. The molecule has 15 nitrogen and oxygen atoms in total. The van der Waals surface area contributed by atoms with Gasteiger partial charge in [-0.25, -0.2) is 19.2 Å². The number of ether oxygens (including phenoxy) is 3. The summed E-state index contributed by atoms with van der Waals surface area (Å²) in [5.74, 6) is -2.96. The van der Waals surface area contributed by atoms with Gasteiger partial charge >= 0.3 is 24.1 Å². The average molecular weight is 1200 g/mol. The van der Waals surface area contributed by atoms with Crippen LogP contribution in [0.4, 0.5) is 21.0 Å². The molecule has 0 fully saturated rings. The number of alkyl carbamates (subject to hydrolysis) is 2. The largest absolute Gasteiger partial charge is 0.480 e. The maximum atomic E-state index is 12.8. The van der Waals surface area contributed by atoms with Crippen molar-refractivity contribution in [1.29, 1.82) is 0 Å². The predicted molar refractivity (Wildman–Crippen MR) is 321 cm³/mol. The Labute approximate surface area is 498 Å². The zero-order valence-corrected chi connectivity index (χ0v) is 47.6. The number of benzene rings is 8. The fourth-order valence-corrected chi connectivity index (χ4v) is 11.0. The van der Waals surface area contributed by atoms with Crippen molar-refractivity contribution in [3.05, 3.63) is 247 Å². The highest BCUT2D eigenvalue weighted by molar-refractivity contribution is 6.41. The fraction of sp³-hybridized carbons (Fsp3) is 0.156. The summed E-state index contributed by atoms with van der Waals surface area (Å²) in [5, 5.41) is 28.2. The van der Waals surface area contributed by atoms with Gasteiger partial charge in [-0.1, -0.05) is 180 Å². The summed E-state index contributed by atoms with van der Waals surface area (Å²) in [4.78, 5) is 75.1. The minimum Gasteiger partial charge on any atom is -0.480 e. The van der Waals surface area contributed by atoms with Crippen LogP contribution >= 0.6 is 46.4 Å². The summed E-state index contributed by atoms with van der Waals surface area (Å²) in [5.41, 5.74) is 11.5. The van der Waals surface area contributed by atoms with Crippen LogP contribution in [-0.4, -0.2) is 85.7 Å². The van der Waals surface area contributed by atoms with E-state index in [-0.39, 0.29) is 69.1 Å². The van der Waals surface area contributed by atoms with Crippen LogP contribution in [0.25, 0.3) is 22.3 Å². The van der Waals surface area contributed by atoms with Gasteiger partial charge < -0.3 is 45.7 Å². The molecule has 0 radical (unpaired) electrons. The quantitative estimate of drug-likeness (QED) is 0.0395. The molecule has 2 aliphatic rings. The van der Waals surface area contributed by atoms with Crippen LogP contribution in [0.15, 0.2) is 182 Å². The van der Waals surface area contributed by atoms with E-state index < -0.39 is 48.0 Å². The number of aliphatic hydroxyl groups excluding tert-OH is 1. The molecule has 0 saturated carbocycles. The number of aliphatic hydroxyl groups is 1. The third-order valence-electron chi connectivity index (χ3n) is 13.7. The number of carboxylic acids is 1. The summed E-state index contributed by atoms with van der Waals surface area (Å²) in [7, 11) is 2.26. The number of carbonyl (C=O) groups excluding carboxylic acids is 5. The van der Waals surface area contributed by atoms with E-state index in [2.05, 4.69) is 33.4 Å². The molecular formula is C64H54Cl4N4O11. The summed E-state index contributed by atoms with van der Waals surface area (Å²) in [6, 6.07) is 52.9. The smallest absolute Gasteiger partial charge is 0.407 e. The van der Waals surface area contributed by atoms with Gasteiger partial charge in [0.15, 0.2) is 0 Å². The molecule has 0 aliphatic heterocycles. The van der Waals surface area contributed by atoms with E-state index >= 15 is 0 Å². The van der Waals surface area contributed by atoms with E-state index in [1.54, 1.807) is 84.9 Å². The predicted octanol–water partition coefficient (Wildman–Crippen LogP) is 13.3. The molecule has 2 unspecified atom stereocenters. The molecule has 2 atom stereocenters. The van der Waals surface area contributed by atoms with Crippen LogP contribution in [0.5, 0.6) is 0 Å². The van der Waals surface area contributed by atoms with Gasteiger partial charge in [-0.2, -0.15) is 0 Å². The molecule has 83 heavy (non-hydrogen) atoms. The number of halogens is 4. The normalized spacial score (nSPS) is 12.4. The Morgan fingerprint density at radius 3 is 1.08 bits per heavy atom. The molecule has 0 aromatic heterocycles. The minimum absolute atomic E-state index is 0.0180. The van der Waals surface area contributed by atoms with Gasteiger partial charge in [0.25, 0.3) is 11.8 Å². The number of anilines is 2. The van der Waals surface area contributed by atoms with Crippen molar-refractivity contribution in [2.75, 3.05) is 38.1 Å². The maximum absolute atomic E-state index is 12.8. The molecule has 2 aliphatic carbocycles. The Morgan fingerprint density at radius 2 is 0.759 bits per heavy atom. The first-order chi connectivity index (χ1) is 40.2. The lowest BCUT2D eigenvalue weighted by molar-refractivity contribution is -0.143. The Bertz CT molecular complexity index is 3550. The highest BCUT2D eigenvalue weighted by atomic mass is 35.5. The zero-order chi connectivity index (χ0) is 59.2. The van der Waals surface area contributed by atoms with E-state index in [0.717, 1.165) is 57.2 Å². The zero-order valence-electron chi connectivity index (χ0n) is 44.5. The van der Waals surface area contributed by atoms with E-state index in [1.165, 1.54) is 7.11 Å². The van der Waals surface area contributed by atoms with Crippen LogP contribution in [0.2, 0.25) is 20.1 Å². The number of methoxy groups -OCH3 is 1. The molecule has 19 heteroatoms. The number of hydrogen-bond acceptors (Lipinski definition) is 10. The summed E-state index contributed by atoms with van der Waals surface area (Å²) in [6.45, 7) is 0.202. The number of aliphatic carboxylic acids is 1. The number of fused-ring (bicyclic) bond motifs is 6. The van der Waals surface area contributed by atoms with Crippen molar-refractivity contribution in [2.24, 2.45) is 0 Å². The number of nitrogens with one attached hydrogen (secondary N) is 4. The van der Waals surface area contributed by atoms with Gasteiger partial charge in [0, 0.05) is 43.2 Å². The molecule has 4 amide bonds. The second-order valence-electron chi connectivity index (χ2n) is 18.8. The van der Waals surface area contributed by atoms with Gasteiger partial charge in [0.1, 0.15) is 25.3 Å². The van der Waals surface area contributed by atoms with E-state index in [0.29, 0.717) is 16.9 Å². The fourth-order valence-electron chi connectivity index (χ4n) is 9.84. The van der Waals surface area contributed by atoms with E-state index in [9.17, 15) is 33.9 Å². The van der Waals surface area contributed by atoms with Crippen molar-refractivity contribution >= 4 is 93.7 Å². The number of carbonyl (C=O) groups is 6. The second kappa shape index (κ2) is 28.3. The Balaban J connectivity index is 0.000000211. The molecule has 10 rings (SSSR count). The number of carboxylic acid groups (broad SMARTS) is 1. The molecule has 0 heterocycles. The highest BCUT2D eigenvalue weighted by Gasteiger charge is 2.32. The number of hydrogen-bond donors (Lipinski definition) is 6. The average Bonchev–Trinajstić information content (AvgIpc) is 2.48.